The van der Waals surface area contributed by atoms with Crippen LogP contribution in [0.15, 0.2) is 36.0 Å². The highest BCUT2D eigenvalue weighted by molar-refractivity contribution is 6.31. The van der Waals surface area contributed by atoms with Crippen molar-refractivity contribution in [1.29, 1.82) is 0 Å². The summed E-state index contributed by atoms with van der Waals surface area (Å²) in [5, 5.41) is 16.5. The van der Waals surface area contributed by atoms with Gasteiger partial charge in [0, 0.05) is 28.9 Å². The number of carboxylic acid groups (broad SMARTS) is 2. The number of rotatable bonds is 3. The highest BCUT2D eigenvalue weighted by Gasteiger charge is 2.48. The zero-order chi connectivity index (χ0) is 25.1. The number of carboxylic acids is 2. The van der Waals surface area contributed by atoms with Gasteiger partial charge in [0.05, 0.1) is 5.57 Å². The molecule has 1 aromatic heterocycles. The Morgan fingerprint density at radius 1 is 1.12 bits per heavy atom. The van der Waals surface area contributed by atoms with Crippen molar-refractivity contribution in [3.05, 3.63) is 63.4 Å². The van der Waals surface area contributed by atoms with E-state index in [0.29, 0.717) is 22.7 Å². The van der Waals surface area contributed by atoms with Crippen molar-refractivity contribution < 1.29 is 50.9 Å². The van der Waals surface area contributed by atoms with Crippen molar-refractivity contribution in [3.8, 4) is 5.75 Å². The minimum atomic E-state index is -5.08. The number of nitrogens with zero attached hydrogens (tertiary/aromatic N) is 1. The lowest BCUT2D eigenvalue weighted by molar-refractivity contribution is -0.192. The molecule has 33 heavy (non-hydrogen) atoms. The van der Waals surface area contributed by atoms with E-state index in [1.54, 1.807) is 6.20 Å². The molecular weight excluding hydrogens is 484 g/mol. The number of halogens is 7. The van der Waals surface area contributed by atoms with Crippen molar-refractivity contribution in [2.24, 2.45) is 0 Å². The normalized spacial score (nSPS) is 15.4. The molecular formula is C20H14ClF6NO5. The van der Waals surface area contributed by atoms with E-state index in [1.165, 1.54) is 12.1 Å². The third kappa shape index (κ3) is 6.85. The number of hydrogen-bond acceptors (Lipinski definition) is 4. The Morgan fingerprint density at radius 2 is 1.73 bits per heavy atom. The van der Waals surface area contributed by atoms with Gasteiger partial charge in [-0.1, -0.05) is 11.6 Å². The van der Waals surface area contributed by atoms with Crippen molar-refractivity contribution in [2.75, 3.05) is 0 Å². The van der Waals surface area contributed by atoms with Crippen molar-refractivity contribution in [3.63, 3.8) is 0 Å². The number of aliphatic carboxylic acids is 2. The molecule has 13 heteroatoms. The highest BCUT2D eigenvalue weighted by Crippen LogP contribution is 2.39. The van der Waals surface area contributed by atoms with Gasteiger partial charge < -0.3 is 14.9 Å². The summed E-state index contributed by atoms with van der Waals surface area (Å²) in [6.45, 7) is 1.90. The number of hydrogen-bond donors (Lipinski definition) is 2. The monoisotopic (exact) mass is 497 g/mol. The highest BCUT2D eigenvalue weighted by atomic mass is 35.5. The Hall–Kier alpha value is -3.28. The molecule has 0 saturated heterocycles. The molecule has 3 rings (SSSR count). The topological polar surface area (TPSA) is 96.7 Å². The van der Waals surface area contributed by atoms with Gasteiger partial charge in [0.2, 0.25) is 6.10 Å². The van der Waals surface area contributed by atoms with Gasteiger partial charge in [0.1, 0.15) is 5.75 Å². The summed E-state index contributed by atoms with van der Waals surface area (Å²) >= 11 is 6.22. The van der Waals surface area contributed by atoms with E-state index in [0.717, 1.165) is 11.6 Å². The number of aryl methyl sites for hydroxylation is 1. The second kappa shape index (κ2) is 9.69. The molecule has 0 bridgehead atoms. The standard InChI is InChI=1S/C18H13ClF3NO3.C2HF3O2/c1-9-2-3-23-12(4-9)5-10-8-15-11(7-14(10)19)6-13(17(24)25)16(26-15)18(20,21)22;3-2(4,5)1(6)7/h2-4,6-8,16H,5H2,1H3,(H,24,25);(H,6,7). The lowest BCUT2D eigenvalue weighted by atomic mass is 9.98. The third-order valence-corrected chi connectivity index (χ3v) is 4.50. The molecule has 0 aliphatic carbocycles. The maximum atomic E-state index is 13.2. The minimum Gasteiger partial charge on any atom is -0.478 e. The van der Waals surface area contributed by atoms with E-state index in [9.17, 15) is 31.1 Å². The van der Waals surface area contributed by atoms with Gasteiger partial charge in [-0.05, 0) is 48.4 Å². The Labute approximate surface area is 187 Å². The second-order valence-electron chi connectivity index (χ2n) is 6.73. The predicted octanol–water partition coefficient (Wildman–Crippen LogP) is 5.06. The molecule has 2 aromatic rings. The Balaban J connectivity index is 0.000000479. The quantitative estimate of drug-likeness (QED) is 0.576. The largest absolute Gasteiger partial charge is 0.490 e. The molecule has 1 aromatic carbocycles. The Kier molecular flexibility index (Phi) is 7.63. The molecule has 0 radical (unpaired) electrons. The maximum Gasteiger partial charge on any atom is 0.490 e. The molecule has 0 fully saturated rings. The molecule has 0 spiro atoms. The first-order chi connectivity index (χ1) is 15.1. The molecule has 2 heterocycles. The lowest BCUT2D eigenvalue weighted by Gasteiger charge is -2.27. The first-order valence-corrected chi connectivity index (χ1v) is 9.19. The fraction of sp³-hybridized carbons (Fsp3) is 0.250. The van der Waals surface area contributed by atoms with Crippen LogP contribution in [0, 0.1) is 6.92 Å². The van der Waals surface area contributed by atoms with Gasteiger partial charge in [-0.25, -0.2) is 9.59 Å². The van der Waals surface area contributed by atoms with Gasteiger partial charge in [0.15, 0.2) is 0 Å². The number of alkyl halides is 6. The van der Waals surface area contributed by atoms with Gasteiger partial charge in [0.25, 0.3) is 0 Å². The molecule has 6 nitrogen and oxygen atoms in total. The minimum absolute atomic E-state index is 0.0654. The van der Waals surface area contributed by atoms with Crippen molar-refractivity contribution in [1.82, 2.24) is 4.98 Å². The summed E-state index contributed by atoms with van der Waals surface area (Å²) in [5.41, 5.74) is 1.54. The fourth-order valence-corrected chi connectivity index (χ4v) is 2.94. The third-order valence-electron chi connectivity index (χ3n) is 4.15. The van der Waals surface area contributed by atoms with Gasteiger partial charge >= 0.3 is 24.3 Å². The second-order valence-corrected chi connectivity index (χ2v) is 7.14. The van der Waals surface area contributed by atoms with Crippen molar-refractivity contribution >= 4 is 29.6 Å². The van der Waals surface area contributed by atoms with E-state index in [-0.39, 0.29) is 11.3 Å². The number of fused-ring (bicyclic) bond motifs is 1. The summed E-state index contributed by atoms with van der Waals surface area (Å²) in [6, 6.07) is 6.47. The SMILES string of the molecule is Cc1ccnc(Cc2cc3c(cc2Cl)C=C(C(=O)O)C(C(F)(F)F)O3)c1.O=C(O)C(F)(F)F. The smallest absolute Gasteiger partial charge is 0.478 e. The van der Waals surface area contributed by atoms with Crippen LogP contribution in [-0.4, -0.2) is 45.6 Å². The molecule has 0 saturated carbocycles. The number of ether oxygens (including phenoxy) is 1. The average Bonchev–Trinajstić information content (AvgIpc) is 2.66. The summed E-state index contributed by atoms with van der Waals surface area (Å²) < 4.78 is 76.2. The Bertz CT molecular complexity index is 1100. The van der Waals surface area contributed by atoms with Crippen LogP contribution >= 0.6 is 11.6 Å². The number of aromatic nitrogens is 1. The van der Waals surface area contributed by atoms with Gasteiger partial charge in [-0.3, -0.25) is 4.98 Å². The van der Waals surface area contributed by atoms with Crippen LogP contribution in [0.25, 0.3) is 6.08 Å². The van der Waals surface area contributed by atoms with Crippen LogP contribution in [0.4, 0.5) is 26.3 Å². The zero-order valence-electron chi connectivity index (χ0n) is 16.5. The summed E-state index contributed by atoms with van der Waals surface area (Å²) in [4.78, 5) is 24.3. The summed E-state index contributed by atoms with van der Waals surface area (Å²) in [7, 11) is 0. The van der Waals surface area contributed by atoms with E-state index in [1.807, 2.05) is 19.1 Å². The molecule has 1 atom stereocenters. The number of pyridine rings is 1. The van der Waals surface area contributed by atoms with E-state index >= 15 is 0 Å². The molecule has 1 aliphatic heterocycles. The number of benzene rings is 1. The molecule has 178 valence electrons. The predicted molar refractivity (Wildman–Crippen MR) is 103 cm³/mol. The van der Waals surface area contributed by atoms with E-state index in [2.05, 4.69) is 4.98 Å². The first kappa shape index (κ1) is 26.0. The van der Waals surface area contributed by atoms with Crippen LogP contribution in [-0.2, 0) is 16.0 Å². The molecule has 1 aliphatic rings. The molecule has 2 N–H and O–H groups in total. The van der Waals surface area contributed by atoms with Crippen molar-refractivity contribution in [2.45, 2.75) is 31.8 Å². The summed E-state index contributed by atoms with van der Waals surface area (Å²) in [6.07, 6.45) is -9.57. The zero-order valence-corrected chi connectivity index (χ0v) is 17.2. The van der Waals surface area contributed by atoms with E-state index < -0.39 is 36.0 Å². The van der Waals surface area contributed by atoms with Gasteiger partial charge in [-0.15, -0.1) is 0 Å². The fourth-order valence-electron chi connectivity index (χ4n) is 2.70. The lowest BCUT2D eigenvalue weighted by Crippen LogP contribution is -2.40. The maximum absolute atomic E-state index is 13.2. The number of carbonyl (C=O) groups is 2. The van der Waals surface area contributed by atoms with Gasteiger partial charge in [-0.2, -0.15) is 26.3 Å². The Morgan fingerprint density at radius 3 is 2.21 bits per heavy atom. The summed E-state index contributed by atoms with van der Waals surface area (Å²) in [5.74, 6) is -4.51. The van der Waals surface area contributed by atoms with Crippen LogP contribution in [0.1, 0.15) is 22.4 Å². The average molecular weight is 498 g/mol. The van der Waals surface area contributed by atoms with Crippen LogP contribution in [0.3, 0.4) is 0 Å². The van der Waals surface area contributed by atoms with Crippen LogP contribution < -0.4 is 4.74 Å². The first-order valence-electron chi connectivity index (χ1n) is 8.82. The molecule has 0 amide bonds. The van der Waals surface area contributed by atoms with E-state index in [4.69, 9.17) is 31.3 Å². The molecule has 1 unspecified atom stereocenters. The van der Waals surface area contributed by atoms with Crippen LogP contribution in [0.5, 0.6) is 5.75 Å². The van der Waals surface area contributed by atoms with Crippen LogP contribution in [0.2, 0.25) is 5.02 Å².